The summed E-state index contributed by atoms with van der Waals surface area (Å²) in [4.78, 5) is 0. The average molecular weight is 277 g/mol. The van der Waals surface area contributed by atoms with E-state index in [0.29, 0.717) is 5.41 Å². The summed E-state index contributed by atoms with van der Waals surface area (Å²) < 4.78 is 0. The number of hydrogen-bond donors (Lipinski definition) is 0. The molecule has 0 aliphatic heterocycles. The molecule has 0 saturated heterocycles. The lowest BCUT2D eigenvalue weighted by Gasteiger charge is -2.50. The first-order valence-electron chi connectivity index (χ1n) is 9.69. The van der Waals surface area contributed by atoms with Crippen LogP contribution in [0.4, 0.5) is 0 Å². The summed E-state index contributed by atoms with van der Waals surface area (Å²) in [5.74, 6) is 4.22. The molecule has 0 amide bonds. The molecule has 0 aromatic rings. The molecule has 0 heterocycles. The molecule has 0 nitrogen and oxygen atoms in total. The zero-order valence-corrected chi connectivity index (χ0v) is 14.0. The Morgan fingerprint density at radius 2 is 1.50 bits per heavy atom. The fourth-order valence-corrected chi connectivity index (χ4v) is 6.28. The summed E-state index contributed by atoms with van der Waals surface area (Å²) in [6, 6.07) is 0. The van der Waals surface area contributed by atoms with Crippen molar-refractivity contribution in [2.24, 2.45) is 29.1 Å². The van der Waals surface area contributed by atoms with Crippen LogP contribution in [0.3, 0.4) is 0 Å². The molecule has 0 aromatic carbocycles. The number of rotatable bonds is 3. The molecule has 0 heteroatoms. The quantitative estimate of drug-likeness (QED) is 0.545. The third kappa shape index (κ3) is 3.09. The van der Waals surface area contributed by atoms with Gasteiger partial charge < -0.3 is 0 Å². The lowest BCUT2D eigenvalue weighted by molar-refractivity contribution is -0.000675. The second-order valence-corrected chi connectivity index (χ2v) is 8.78. The van der Waals surface area contributed by atoms with Crippen LogP contribution in [0.15, 0.2) is 0 Å². The van der Waals surface area contributed by atoms with Gasteiger partial charge in [-0.05, 0) is 48.3 Å². The highest BCUT2D eigenvalue weighted by Crippen LogP contribution is 2.54. The van der Waals surface area contributed by atoms with E-state index in [1.165, 1.54) is 57.8 Å². The summed E-state index contributed by atoms with van der Waals surface area (Å²) in [7, 11) is 0. The molecular weight excluding hydrogens is 240 g/mol. The fraction of sp³-hybridized carbons (Fsp3) is 1.00. The molecule has 3 saturated carbocycles. The Kier molecular flexibility index (Phi) is 4.78. The molecule has 3 fully saturated rings. The Labute approximate surface area is 127 Å². The van der Waals surface area contributed by atoms with E-state index in [1.54, 1.807) is 25.7 Å². The largest absolute Gasteiger partial charge is 0.0622 e. The van der Waals surface area contributed by atoms with Gasteiger partial charge in [-0.25, -0.2) is 0 Å². The Hall–Kier alpha value is 0. The minimum Gasteiger partial charge on any atom is -0.0622 e. The Balaban J connectivity index is 1.63. The minimum atomic E-state index is 0.695. The van der Waals surface area contributed by atoms with Crippen molar-refractivity contribution in [2.45, 2.75) is 97.3 Å². The van der Waals surface area contributed by atoms with Crippen molar-refractivity contribution in [2.75, 3.05) is 0 Å². The average Bonchev–Trinajstić information content (AvgIpc) is 2.48. The van der Waals surface area contributed by atoms with E-state index in [4.69, 9.17) is 0 Å². The topological polar surface area (TPSA) is 0 Å². The summed E-state index contributed by atoms with van der Waals surface area (Å²) in [5, 5.41) is 0. The summed E-state index contributed by atoms with van der Waals surface area (Å²) >= 11 is 0. The van der Waals surface area contributed by atoms with Gasteiger partial charge in [0, 0.05) is 0 Å². The first kappa shape index (κ1) is 14.9. The molecule has 3 aliphatic carbocycles. The van der Waals surface area contributed by atoms with Crippen LogP contribution in [0.5, 0.6) is 0 Å². The molecule has 116 valence electrons. The smallest absolute Gasteiger partial charge is 0.0292 e. The van der Waals surface area contributed by atoms with E-state index >= 15 is 0 Å². The van der Waals surface area contributed by atoms with Crippen molar-refractivity contribution < 1.29 is 0 Å². The second-order valence-electron chi connectivity index (χ2n) is 8.78. The number of hydrogen-bond acceptors (Lipinski definition) is 0. The predicted molar refractivity (Wildman–Crippen MR) is 87.8 cm³/mol. The van der Waals surface area contributed by atoms with Crippen molar-refractivity contribution in [3.8, 4) is 0 Å². The van der Waals surface area contributed by atoms with Gasteiger partial charge in [0.1, 0.15) is 0 Å². The van der Waals surface area contributed by atoms with Crippen LogP contribution in [0.2, 0.25) is 0 Å². The maximum absolute atomic E-state index is 2.68. The lowest BCUT2D eigenvalue weighted by atomic mass is 9.55. The SMILES string of the molecule is CC(CC1(C)CCCC2CCCCC21)C1CCCCC1. The highest BCUT2D eigenvalue weighted by molar-refractivity contribution is 4.94. The molecule has 3 aliphatic rings. The van der Waals surface area contributed by atoms with Crippen LogP contribution in [0.25, 0.3) is 0 Å². The Morgan fingerprint density at radius 3 is 2.30 bits per heavy atom. The Morgan fingerprint density at radius 1 is 0.850 bits per heavy atom. The van der Waals surface area contributed by atoms with Crippen molar-refractivity contribution in [1.82, 2.24) is 0 Å². The van der Waals surface area contributed by atoms with Crippen molar-refractivity contribution in [1.29, 1.82) is 0 Å². The monoisotopic (exact) mass is 276 g/mol. The zero-order chi connectivity index (χ0) is 14.0. The van der Waals surface area contributed by atoms with Crippen LogP contribution in [0.1, 0.15) is 97.3 Å². The molecule has 0 aromatic heterocycles. The van der Waals surface area contributed by atoms with Crippen LogP contribution in [-0.4, -0.2) is 0 Å². The van der Waals surface area contributed by atoms with E-state index in [1.807, 2.05) is 0 Å². The predicted octanol–water partition coefficient (Wildman–Crippen LogP) is 6.59. The second kappa shape index (κ2) is 6.41. The lowest BCUT2D eigenvalue weighted by Crippen LogP contribution is -2.40. The fourth-order valence-electron chi connectivity index (χ4n) is 6.28. The molecule has 0 bridgehead atoms. The van der Waals surface area contributed by atoms with Crippen LogP contribution >= 0.6 is 0 Å². The van der Waals surface area contributed by atoms with Crippen molar-refractivity contribution in [3.05, 3.63) is 0 Å². The van der Waals surface area contributed by atoms with Crippen LogP contribution < -0.4 is 0 Å². The molecule has 4 unspecified atom stereocenters. The van der Waals surface area contributed by atoms with Gasteiger partial charge in [0.05, 0.1) is 0 Å². The molecule has 0 radical (unpaired) electrons. The standard InChI is InChI=1S/C20H36/c1-16(17-9-4-3-5-10-17)15-20(2)14-8-12-18-11-6-7-13-19(18)20/h16-19H,3-15H2,1-2H3. The summed E-state index contributed by atoms with van der Waals surface area (Å²) in [6.45, 7) is 5.27. The zero-order valence-electron chi connectivity index (χ0n) is 14.0. The number of fused-ring (bicyclic) bond motifs is 1. The summed E-state index contributed by atoms with van der Waals surface area (Å²) in [5.41, 5.74) is 0.695. The highest BCUT2D eigenvalue weighted by atomic mass is 14.5. The first-order valence-corrected chi connectivity index (χ1v) is 9.69. The van der Waals surface area contributed by atoms with E-state index in [-0.39, 0.29) is 0 Å². The maximum Gasteiger partial charge on any atom is -0.0292 e. The van der Waals surface area contributed by atoms with E-state index in [0.717, 1.165) is 23.7 Å². The van der Waals surface area contributed by atoms with E-state index < -0.39 is 0 Å². The van der Waals surface area contributed by atoms with Crippen molar-refractivity contribution in [3.63, 3.8) is 0 Å². The van der Waals surface area contributed by atoms with Gasteiger partial charge in [-0.3, -0.25) is 0 Å². The van der Waals surface area contributed by atoms with Gasteiger partial charge in [-0.1, -0.05) is 78.1 Å². The van der Waals surface area contributed by atoms with Gasteiger partial charge in [0.25, 0.3) is 0 Å². The van der Waals surface area contributed by atoms with Gasteiger partial charge in [0.2, 0.25) is 0 Å². The van der Waals surface area contributed by atoms with E-state index in [2.05, 4.69) is 13.8 Å². The van der Waals surface area contributed by atoms with Gasteiger partial charge >= 0.3 is 0 Å². The first-order chi connectivity index (χ1) is 9.69. The summed E-state index contributed by atoms with van der Waals surface area (Å²) in [6.07, 6.45) is 19.9. The van der Waals surface area contributed by atoms with Gasteiger partial charge in [-0.15, -0.1) is 0 Å². The molecular formula is C20H36. The molecule has 4 atom stereocenters. The molecule has 3 rings (SSSR count). The molecule has 0 spiro atoms. The van der Waals surface area contributed by atoms with Gasteiger partial charge in [-0.2, -0.15) is 0 Å². The molecule has 20 heavy (non-hydrogen) atoms. The third-order valence-corrected chi connectivity index (χ3v) is 7.37. The maximum atomic E-state index is 2.68. The molecule has 0 N–H and O–H groups in total. The third-order valence-electron chi connectivity index (χ3n) is 7.37. The van der Waals surface area contributed by atoms with Crippen LogP contribution in [-0.2, 0) is 0 Å². The van der Waals surface area contributed by atoms with Crippen LogP contribution in [0, 0.1) is 29.1 Å². The minimum absolute atomic E-state index is 0.695. The van der Waals surface area contributed by atoms with Gasteiger partial charge in [0.15, 0.2) is 0 Å². The highest BCUT2D eigenvalue weighted by Gasteiger charge is 2.44. The van der Waals surface area contributed by atoms with Crippen molar-refractivity contribution >= 4 is 0 Å². The normalized spacial score (nSPS) is 41.1. The Bertz CT molecular complexity index is 299. The van der Waals surface area contributed by atoms with E-state index in [9.17, 15) is 0 Å².